The molecule has 0 N–H and O–H groups in total. The molecule has 98 valence electrons. The topological polar surface area (TPSA) is 40.6 Å². The molecule has 0 saturated carbocycles. The molecule has 4 nitrogen and oxygen atoms in total. The molecule has 0 radical (unpaired) electrons. The maximum atomic E-state index is 11.8. The Balaban J connectivity index is 4.09. The van der Waals surface area contributed by atoms with Gasteiger partial charge in [0, 0.05) is 19.5 Å². The van der Waals surface area contributed by atoms with Gasteiger partial charge in [0.2, 0.25) is 10.0 Å². The number of halogens is 1. The molecule has 0 aromatic carbocycles. The Morgan fingerprint density at radius 1 is 1.19 bits per heavy atom. The van der Waals surface area contributed by atoms with Crippen molar-refractivity contribution in [2.45, 2.75) is 13.3 Å². The summed E-state index contributed by atoms with van der Waals surface area (Å²) in [4.78, 5) is 2.04. The van der Waals surface area contributed by atoms with Gasteiger partial charge in [0.05, 0.1) is 5.75 Å². The van der Waals surface area contributed by atoms with Gasteiger partial charge in [-0.15, -0.1) is 11.6 Å². The highest BCUT2D eigenvalue weighted by atomic mass is 35.5. The third kappa shape index (κ3) is 6.68. The third-order valence-electron chi connectivity index (χ3n) is 2.31. The van der Waals surface area contributed by atoms with Gasteiger partial charge < -0.3 is 4.90 Å². The van der Waals surface area contributed by atoms with Crippen LogP contribution in [0.3, 0.4) is 0 Å². The monoisotopic (exact) mass is 270 g/mol. The van der Waals surface area contributed by atoms with Crippen molar-refractivity contribution in [3.05, 3.63) is 0 Å². The van der Waals surface area contributed by atoms with E-state index in [-0.39, 0.29) is 11.7 Å². The van der Waals surface area contributed by atoms with Gasteiger partial charge >= 0.3 is 0 Å². The Labute approximate surface area is 105 Å². The molecule has 0 aliphatic rings. The molecule has 1 unspecified atom stereocenters. The second-order valence-corrected chi connectivity index (χ2v) is 6.95. The number of alkyl halides is 1. The first-order valence-corrected chi connectivity index (χ1v) is 7.58. The third-order valence-corrected chi connectivity index (χ3v) is 4.96. The predicted octanol–water partition coefficient (Wildman–Crippen LogP) is 1.07. The van der Waals surface area contributed by atoms with Crippen LogP contribution in [0.5, 0.6) is 0 Å². The van der Waals surface area contributed by atoms with Gasteiger partial charge in [-0.25, -0.2) is 12.7 Å². The Hall–Kier alpha value is 0.160. The summed E-state index contributed by atoms with van der Waals surface area (Å²) in [6.45, 7) is 3.30. The summed E-state index contributed by atoms with van der Waals surface area (Å²) >= 11 is 5.62. The van der Waals surface area contributed by atoms with Crippen LogP contribution in [0.1, 0.15) is 13.3 Å². The Morgan fingerprint density at radius 3 is 2.19 bits per heavy atom. The molecule has 6 heteroatoms. The molecule has 0 aromatic heterocycles. The average molecular weight is 271 g/mol. The number of nitrogens with zero attached hydrogens (tertiary/aromatic N) is 2. The zero-order valence-corrected chi connectivity index (χ0v) is 12.2. The van der Waals surface area contributed by atoms with Gasteiger partial charge in [0.1, 0.15) is 0 Å². The summed E-state index contributed by atoms with van der Waals surface area (Å²) in [7, 11) is 2.44. The second kappa shape index (κ2) is 7.48. The van der Waals surface area contributed by atoms with Gasteiger partial charge in [-0.05, 0) is 33.0 Å². The molecule has 0 aromatic rings. The van der Waals surface area contributed by atoms with E-state index in [1.165, 1.54) is 4.31 Å². The van der Waals surface area contributed by atoms with Crippen molar-refractivity contribution in [1.29, 1.82) is 0 Å². The first-order chi connectivity index (χ1) is 7.29. The summed E-state index contributed by atoms with van der Waals surface area (Å²) < 4.78 is 25.1. The fourth-order valence-corrected chi connectivity index (χ4v) is 3.02. The lowest BCUT2D eigenvalue weighted by molar-refractivity contribution is 0.369. The lowest BCUT2D eigenvalue weighted by Gasteiger charge is -2.19. The minimum absolute atomic E-state index is 0.00275. The van der Waals surface area contributed by atoms with E-state index in [2.05, 4.69) is 0 Å². The summed E-state index contributed by atoms with van der Waals surface area (Å²) in [6, 6.07) is 0. The molecule has 0 spiro atoms. The molecule has 0 aliphatic heterocycles. The first kappa shape index (κ1) is 16.2. The summed E-state index contributed by atoms with van der Waals surface area (Å²) in [5, 5.41) is 0. The van der Waals surface area contributed by atoms with E-state index < -0.39 is 10.0 Å². The normalized spacial score (nSPS) is 14.7. The predicted molar refractivity (Wildman–Crippen MR) is 69.5 cm³/mol. The Kier molecular flexibility index (Phi) is 7.55. The Bertz CT molecular complexity index is 281. The largest absolute Gasteiger partial charge is 0.309 e. The number of rotatable bonds is 8. The van der Waals surface area contributed by atoms with E-state index in [1.807, 2.05) is 25.9 Å². The second-order valence-electron chi connectivity index (χ2n) is 4.52. The number of sulfonamides is 1. The van der Waals surface area contributed by atoms with Gasteiger partial charge in [-0.1, -0.05) is 6.92 Å². The summed E-state index contributed by atoms with van der Waals surface area (Å²) in [5.41, 5.74) is 0. The molecule has 0 aliphatic carbocycles. The lowest BCUT2D eigenvalue weighted by Crippen LogP contribution is -2.33. The smallest absolute Gasteiger partial charge is 0.214 e. The van der Waals surface area contributed by atoms with Crippen LogP contribution < -0.4 is 0 Å². The van der Waals surface area contributed by atoms with E-state index in [4.69, 9.17) is 11.6 Å². The molecule has 0 rings (SSSR count). The molecule has 0 fully saturated rings. The van der Waals surface area contributed by atoms with Gasteiger partial charge in [-0.3, -0.25) is 0 Å². The zero-order valence-electron chi connectivity index (χ0n) is 10.6. The van der Waals surface area contributed by atoms with E-state index in [0.29, 0.717) is 12.4 Å². The highest BCUT2D eigenvalue weighted by Gasteiger charge is 2.20. The van der Waals surface area contributed by atoms with E-state index in [1.54, 1.807) is 7.05 Å². The van der Waals surface area contributed by atoms with Gasteiger partial charge in [0.15, 0.2) is 0 Å². The van der Waals surface area contributed by atoms with Gasteiger partial charge in [0.25, 0.3) is 0 Å². The van der Waals surface area contributed by atoms with Crippen LogP contribution in [0.25, 0.3) is 0 Å². The van der Waals surface area contributed by atoms with Crippen molar-refractivity contribution in [3.63, 3.8) is 0 Å². The van der Waals surface area contributed by atoms with Crippen LogP contribution in [0.2, 0.25) is 0 Å². The molecule has 1 atom stereocenters. The van der Waals surface area contributed by atoms with Crippen molar-refractivity contribution in [2.24, 2.45) is 5.92 Å². The van der Waals surface area contributed by atoms with Crippen LogP contribution in [0.15, 0.2) is 0 Å². The highest BCUT2D eigenvalue weighted by molar-refractivity contribution is 7.89. The van der Waals surface area contributed by atoms with Crippen molar-refractivity contribution < 1.29 is 8.42 Å². The first-order valence-electron chi connectivity index (χ1n) is 5.44. The quantitative estimate of drug-likeness (QED) is 0.620. The minimum atomic E-state index is -3.14. The molecule has 16 heavy (non-hydrogen) atoms. The van der Waals surface area contributed by atoms with E-state index in [0.717, 1.165) is 13.0 Å². The van der Waals surface area contributed by atoms with Crippen LogP contribution in [0, 0.1) is 5.92 Å². The maximum absolute atomic E-state index is 11.8. The molecule has 0 heterocycles. The van der Waals surface area contributed by atoms with Crippen LogP contribution in [-0.2, 0) is 10.0 Å². The van der Waals surface area contributed by atoms with Crippen LogP contribution >= 0.6 is 11.6 Å². The number of hydrogen-bond donors (Lipinski definition) is 0. The average Bonchev–Trinajstić information content (AvgIpc) is 2.16. The van der Waals surface area contributed by atoms with Crippen LogP contribution in [-0.4, -0.2) is 63.5 Å². The fraction of sp³-hybridized carbons (Fsp3) is 1.00. The lowest BCUT2D eigenvalue weighted by atomic mass is 10.3. The summed E-state index contributed by atoms with van der Waals surface area (Å²) in [5.74, 6) is 0.516. The van der Waals surface area contributed by atoms with Gasteiger partial charge in [-0.2, -0.15) is 0 Å². The molecular weight excluding hydrogens is 248 g/mol. The van der Waals surface area contributed by atoms with Crippen molar-refractivity contribution >= 4 is 21.6 Å². The molecule has 0 saturated heterocycles. The fourth-order valence-electron chi connectivity index (χ4n) is 1.28. The Morgan fingerprint density at radius 2 is 1.75 bits per heavy atom. The maximum Gasteiger partial charge on any atom is 0.214 e. The van der Waals surface area contributed by atoms with Crippen molar-refractivity contribution in [1.82, 2.24) is 9.21 Å². The summed E-state index contributed by atoms with van der Waals surface area (Å²) in [6.07, 6.45) is 0.845. The standard InChI is InChI=1S/C10H23ClN2O2S/c1-10(8-11)9-16(14,15)13(4)7-5-6-12(2)3/h10H,5-9H2,1-4H3. The number of hydrogen-bond acceptors (Lipinski definition) is 3. The van der Waals surface area contributed by atoms with Crippen molar-refractivity contribution in [2.75, 3.05) is 45.9 Å². The minimum Gasteiger partial charge on any atom is -0.309 e. The molecule has 0 amide bonds. The highest BCUT2D eigenvalue weighted by Crippen LogP contribution is 2.07. The van der Waals surface area contributed by atoms with Crippen LogP contribution in [0.4, 0.5) is 0 Å². The van der Waals surface area contributed by atoms with E-state index >= 15 is 0 Å². The van der Waals surface area contributed by atoms with E-state index in [9.17, 15) is 8.42 Å². The molecular formula is C10H23ClN2O2S. The van der Waals surface area contributed by atoms with Crippen molar-refractivity contribution in [3.8, 4) is 0 Å². The zero-order chi connectivity index (χ0) is 12.8. The molecule has 0 bridgehead atoms. The SMILES string of the molecule is CC(CCl)CS(=O)(=O)N(C)CCCN(C)C.